The Hall–Kier alpha value is -0.930. The van der Waals surface area contributed by atoms with Crippen LogP contribution in [0.5, 0.6) is 0 Å². The summed E-state index contributed by atoms with van der Waals surface area (Å²) in [6.45, 7) is 7.05. The number of hydrogen-bond acceptors (Lipinski definition) is 3. The maximum Gasteiger partial charge on any atom is 0.0271 e. The van der Waals surface area contributed by atoms with Gasteiger partial charge in [0, 0.05) is 37.6 Å². The fraction of sp³-hybridized carbons (Fsp3) is 0.800. The van der Waals surface area contributed by atoms with E-state index < -0.39 is 0 Å². The molecule has 3 nitrogen and oxygen atoms in total. The van der Waals surface area contributed by atoms with Crippen LogP contribution in [0.15, 0.2) is 24.5 Å². The van der Waals surface area contributed by atoms with Crippen LogP contribution in [0, 0.1) is 17.8 Å². The third-order valence-electron chi connectivity index (χ3n) is 7.67. The van der Waals surface area contributed by atoms with Crippen molar-refractivity contribution in [2.45, 2.75) is 103 Å². The molecule has 2 aliphatic rings. The second-order valence-corrected chi connectivity index (χ2v) is 9.66. The lowest BCUT2D eigenvalue weighted by Crippen LogP contribution is -2.40. The predicted octanol–water partition coefficient (Wildman–Crippen LogP) is 5.79. The van der Waals surface area contributed by atoms with E-state index in [0.29, 0.717) is 6.04 Å². The molecule has 0 atom stereocenters. The summed E-state index contributed by atoms with van der Waals surface area (Å²) in [5.41, 5.74) is 7.52. The van der Waals surface area contributed by atoms with E-state index in [4.69, 9.17) is 5.73 Å². The Kier molecular flexibility index (Phi) is 8.79. The Balaban J connectivity index is 1.52. The van der Waals surface area contributed by atoms with Crippen molar-refractivity contribution in [2.24, 2.45) is 23.5 Å². The topological polar surface area (TPSA) is 42.2 Å². The third-order valence-corrected chi connectivity index (χ3v) is 7.67. The minimum Gasteiger partial charge on any atom is -0.328 e. The van der Waals surface area contributed by atoms with Crippen molar-refractivity contribution in [3.8, 4) is 0 Å². The molecule has 2 saturated carbocycles. The minimum absolute atomic E-state index is 0.485. The molecule has 1 heterocycles. The van der Waals surface area contributed by atoms with E-state index in [2.05, 4.69) is 35.9 Å². The average molecular weight is 386 g/mol. The number of hydrogen-bond donors (Lipinski definition) is 1. The lowest BCUT2D eigenvalue weighted by Gasteiger charge is -2.40. The molecular weight excluding hydrogens is 342 g/mol. The summed E-state index contributed by atoms with van der Waals surface area (Å²) in [5, 5.41) is 0. The van der Waals surface area contributed by atoms with Gasteiger partial charge in [-0.15, -0.1) is 0 Å². The lowest BCUT2D eigenvalue weighted by atomic mass is 9.75. The van der Waals surface area contributed by atoms with E-state index in [0.717, 1.165) is 30.3 Å². The van der Waals surface area contributed by atoms with Gasteiger partial charge in [0.25, 0.3) is 0 Å². The second kappa shape index (κ2) is 11.3. The molecule has 28 heavy (non-hydrogen) atoms. The third kappa shape index (κ3) is 6.56. The Labute approximate surface area is 173 Å². The zero-order valence-electron chi connectivity index (χ0n) is 18.4. The van der Waals surface area contributed by atoms with Crippen molar-refractivity contribution in [3.63, 3.8) is 0 Å². The second-order valence-electron chi connectivity index (χ2n) is 9.66. The molecular formula is C25H43N3. The minimum atomic E-state index is 0.485. The first-order valence-electron chi connectivity index (χ1n) is 12.1. The molecule has 3 rings (SSSR count). The van der Waals surface area contributed by atoms with E-state index in [1.807, 2.05) is 12.4 Å². The van der Waals surface area contributed by atoms with Crippen LogP contribution >= 0.6 is 0 Å². The molecule has 2 aliphatic carbocycles. The maximum absolute atomic E-state index is 6.10. The zero-order chi connectivity index (χ0) is 19.8. The van der Waals surface area contributed by atoms with Crippen LogP contribution in [0.25, 0.3) is 0 Å². The summed E-state index contributed by atoms with van der Waals surface area (Å²) >= 11 is 0. The monoisotopic (exact) mass is 385 g/mol. The molecule has 2 N–H and O–H groups in total. The van der Waals surface area contributed by atoms with E-state index >= 15 is 0 Å². The van der Waals surface area contributed by atoms with E-state index in [9.17, 15) is 0 Å². The molecule has 2 fully saturated rings. The van der Waals surface area contributed by atoms with E-state index in [-0.39, 0.29) is 0 Å². The van der Waals surface area contributed by atoms with E-state index in [1.54, 1.807) is 0 Å². The highest BCUT2D eigenvalue weighted by Crippen LogP contribution is 2.36. The van der Waals surface area contributed by atoms with Gasteiger partial charge in [0.05, 0.1) is 0 Å². The number of nitrogens with zero attached hydrogens (tertiary/aromatic N) is 2. The van der Waals surface area contributed by atoms with Crippen molar-refractivity contribution in [2.75, 3.05) is 6.54 Å². The highest BCUT2D eigenvalue weighted by Gasteiger charge is 2.29. The first kappa shape index (κ1) is 21.8. The Morgan fingerprint density at radius 2 is 1.50 bits per heavy atom. The highest BCUT2D eigenvalue weighted by atomic mass is 15.2. The van der Waals surface area contributed by atoms with Crippen molar-refractivity contribution in [1.29, 1.82) is 0 Å². The van der Waals surface area contributed by atoms with E-state index in [1.165, 1.54) is 82.7 Å². The number of rotatable bonds is 9. The van der Waals surface area contributed by atoms with Gasteiger partial charge in [0.2, 0.25) is 0 Å². The summed E-state index contributed by atoms with van der Waals surface area (Å²) in [6.07, 6.45) is 18.9. The van der Waals surface area contributed by atoms with Gasteiger partial charge in [-0.05, 0) is 93.2 Å². The average Bonchev–Trinajstić information content (AvgIpc) is 2.74. The van der Waals surface area contributed by atoms with Crippen molar-refractivity contribution in [3.05, 3.63) is 30.1 Å². The van der Waals surface area contributed by atoms with Gasteiger partial charge in [0.15, 0.2) is 0 Å². The van der Waals surface area contributed by atoms with Gasteiger partial charge < -0.3 is 5.73 Å². The number of aromatic nitrogens is 1. The predicted molar refractivity (Wildman–Crippen MR) is 119 cm³/mol. The van der Waals surface area contributed by atoms with Crippen LogP contribution in [0.2, 0.25) is 0 Å². The molecule has 0 aliphatic heterocycles. The lowest BCUT2D eigenvalue weighted by molar-refractivity contribution is 0.0993. The number of pyridine rings is 1. The zero-order valence-corrected chi connectivity index (χ0v) is 18.4. The fourth-order valence-corrected chi connectivity index (χ4v) is 5.58. The molecule has 0 saturated heterocycles. The molecule has 0 unspecified atom stereocenters. The smallest absolute Gasteiger partial charge is 0.0271 e. The van der Waals surface area contributed by atoms with Crippen LogP contribution in [0.4, 0.5) is 0 Å². The maximum atomic E-state index is 6.10. The van der Waals surface area contributed by atoms with Crippen LogP contribution < -0.4 is 5.73 Å². The van der Waals surface area contributed by atoms with Gasteiger partial charge in [-0.3, -0.25) is 9.88 Å². The quantitative estimate of drug-likeness (QED) is 0.585. The Morgan fingerprint density at radius 1 is 0.929 bits per heavy atom. The Bertz CT molecular complexity index is 526. The molecule has 0 spiro atoms. The largest absolute Gasteiger partial charge is 0.328 e. The van der Waals surface area contributed by atoms with Crippen LogP contribution in [-0.2, 0) is 6.54 Å². The van der Waals surface area contributed by atoms with Gasteiger partial charge in [-0.25, -0.2) is 0 Å². The number of nitrogens with two attached hydrogens (primary N) is 1. The molecule has 1 aromatic rings. The summed E-state index contributed by atoms with van der Waals surface area (Å²) in [7, 11) is 0. The summed E-state index contributed by atoms with van der Waals surface area (Å²) < 4.78 is 0. The van der Waals surface area contributed by atoms with Gasteiger partial charge in [0.1, 0.15) is 0 Å². The molecule has 158 valence electrons. The SMILES string of the molecule is CCC(CC)CN(Cc1ccncc1)C1CCC(CC2CCC(N)CC2)CC1. The van der Waals surface area contributed by atoms with Crippen molar-refractivity contribution in [1.82, 2.24) is 9.88 Å². The molecule has 1 aromatic heterocycles. The van der Waals surface area contributed by atoms with Gasteiger partial charge in [-0.1, -0.05) is 26.7 Å². The van der Waals surface area contributed by atoms with Crippen LogP contribution in [-0.4, -0.2) is 28.5 Å². The molecule has 3 heteroatoms. The summed E-state index contributed by atoms with van der Waals surface area (Å²) in [6, 6.07) is 5.64. The van der Waals surface area contributed by atoms with Crippen molar-refractivity contribution < 1.29 is 0 Å². The van der Waals surface area contributed by atoms with Crippen LogP contribution in [0.3, 0.4) is 0 Å². The Morgan fingerprint density at radius 3 is 2.07 bits per heavy atom. The van der Waals surface area contributed by atoms with Gasteiger partial charge in [-0.2, -0.15) is 0 Å². The molecule has 0 bridgehead atoms. The first-order valence-corrected chi connectivity index (χ1v) is 12.1. The highest BCUT2D eigenvalue weighted by molar-refractivity contribution is 5.09. The summed E-state index contributed by atoms with van der Waals surface area (Å²) in [4.78, 5) is 7.01. The molecule has 0 aromatic carbocycles. The van der Waals surface area contributed by atoms with Gasteiger partial charge >= 0.3 is 0 Å². The molecule has 0 radical (unpaired) electrons. The standard InChI is InChI=1S/C25H43N3/c1-3-20(4-2)18-28(19-23-13-15-27-16-14-23)25-11-7-22(8-12-25)17-21-5-9-24(26)10-6-21/h13-16,20-22,24-25H,3-12,17-19,26H2,1-2H3. The molecule has 0 amide bonds. The first-order chi connectivity index (χ1) is 13.7. The van der Waals surface area contributed by atoms with Crippen LogP contribution in [0.1, 0.15) is 90.0 Å². The van der Waals surface area contributed by atoms with Crippen molar-refractivity contribution >= 4 is 0 Å². The fourth-order valence-electron chi connectivity index (χ4n) is 5.58. The summed E-state index contributed by atoms with van der Waals surface area (Å²) in [5.74, 6) is 2.75. The normalized spacial score (nSPS) is 28.8.